The molecule has 0 aliphatic carbocycles. The average Bonchev–Trinajstić information content (AvgIpc) is 3.25. The van der Waals surface area contributed by atoms with Gasteiger partial charge in [-0.25, -0.2) is 4.79 Å². The molecule has 2 aromatic rings. The molecule has 1 fully saturated rings. The number of hydrogen-bond acceptors (Lipinski definition) is 6. The van der Waals surface area contributed by atoms with E-state index in [4.69, 9.17) is 4.74 Å². The van der Waals surface area contributed by atoms with Crippen LogP contribution in [0, 0.1) is 0 Å². The Morgan fingerprint density at radius 3 is 2.62 bits per heavy atom. The van der Waals surface area contributed by atoms with Crippen molar-refractivity contribution >= 4 is 18.2 Å². The highest BCUT2D eigenvalue weighted by Crippen LogP contribution is 2.26. The second kappa shape index (κ2) is 9.20. The third-order valence-electron chi connectivity index (χ3n) is 4.82. The van der Waals surface area contributed by atoms with Crippen LogP contribution in [0.5, 0.6) is 11.5 Å². The van der Waals surface area contributed by atoms with Crippen molar-refractivity contribution in [1.29, 1.82) is 0 Å². The van der Waals surface area contributed by atoms with Crippen molar-refractivity contribution in [2.75, 3.05) is 6.54 Å². The third kappa shape index (κ3) is 4.91. The summed E-state index contributed by atoms with van der Waals surface area (Å²) in [5, 5.41) is 24.7. The zero-order valence-electron chi connectivity index (χ0n) is 15.6. The Morgan fingerprint density at radius 1 is 1.24 bits per heavy atom. The summed E-state index contributed by atoms with van der Waals surface area (Å²) in [6.07, 6.45) is 2.10. The van der Waals surface area contributed by atoms with Gasteiger partial charge in [0.15, 0.2) is 6.29 Å². The number of phenolic OH excluding ortho intramolecular Hbond substituents is 1. The topological polar surface area (TPSA) is 125 Å². The van der Waals surface area contributed by atoms with E-state index in [-0.39, 0.29) is 29.7 Å². The number of phenols is 1. The molecule has 0 saturated carbocycles. The maximum Gasteiger partial charge on any atom is 0.327 e. The third-order valence-corrected chi connectivity index (χ3v) is 4.82. The van der Waals surface area contributed by atoms with E-state index in [2.05, 4.69) is 10.6 Å². The first kappa shape index (κ1) is 20.3. The Balaban J connectivity index is 1.62. The summed E-state index contributed by atoms with van der Waals surface area (Å²) < 4.78 is 5.58. The summed E-state index contributed by atoms with van der Waals surface area (Å²) in [4.78, 5) is 35.0. The Bertz CT molecular complexity index is 891. The van der Waals surface area contributed by atoms with Crippen LogP contribution in [-0.2, 0) is 11.4 Å². The molecule has 2 aromatic carbocycles. The summed E-state index contributed by atoms with van der Waals surface area (Å²) in [7, 11) is 0. The lowest BCUT2D eigenvalue weighted by molar-refractivity contribution is -0.139. The number of rotatable bonds is 8. The molecular weight excluding hydrogens is 376 g/mol. The van der Waals surface area contributed by atoms with Crippen LogP contribution in [0.2, 0.25) is 0 Å². The molecule has 0 radical (unpaired) electrons. The minimum Gasteiger partial charge on any atom is -0.507 e. The van der Waals surface area contributed by atoms with E-state index < -0.39 is 17.9 Å². The number of aldehydes is 1. The lowest BCUT2D eigenvalue weighted by Crippen LogP contribution is -2.52. The Labute approximate surface area is 167 Å². The number of hydrogen-bond donors (Lipinski definition) is 4. The number of carboxylic acids is 1. The molecule has 1 unspecified atom stereocenters. The molecule has 8 nitrogen and oxygen atoms in total. The Hall–Kier alpha value is -3.39. The molecule has 1 amide bonds. The first-order chi connectivity index (χ1) is 14.0. The van der Waals surface area contributed by atoms with Crippen LogP contribution in [0.3, 0.4) is 0 Å². The molecule has 0 bridgehead atoms. The first-order valence-corrected chi connectivity index (χ1v) is 9.25. The summed E-state index contributed by atoms with van der Waals surface area (Å²) in [6.45, 7) is 0.875. The van der Waals surface area contributed by atoms with E-state index in [1.165, 1.54) is 6.07 Å². The van der Waals surface area contributed by atoms with E-state index in [0.29, 0.717) is 18.3 Å². The zero-order chi connectivity index (χ0) is 20.8. The average molecular weight is 398 g/mol. The monoisotopic (exact) mass is 398 g/mol. The number of ether oxygens (including phenoxy) is 1. The van der Waals surface area contributed by atoms with Crippen LogP contribution >= 0.6 is 0 Å². The predicted molar refractivity (Wildman–Crippen MR) is 104 cm³/mol. The second-order valence-electron chi connectivity index (χ2n) is 6.78. The largest absolute Gasteiger partial charge is 0.507 e. The lowest BCUT2D eigenvalue weighted by Gasteiger charge is -2.21. The molecule has 0 aromatic heterocycles. The maximum atomic E-state index is 12.4. The second-order valence-corrected chi connectivity index (χ2v) is 6.78. The summed E-state index contributed by atoms with van der Waals surface area (Å²) in [5.41, 5.74) is 1.15. The van der Waals surface area contributed by atoms with Gasteiger partial charge in [0.1, 0.15) is 24.1 Å². The number of carbonyl (C=O) groups is 3. The van der Waals surface area contributed by atoms with Crippen molar-refractivity contribution in [3.63, 3.8) is 0 Å². The van der Waals surface area contributed by atoms with Gasteiger partial charge in [0.2, 0.25) is 0 Å². The van der Waals surface area contributed by atoms with Crippen molar-refractivity contribution in [3.8, 4) is 11.5 Å². The van der Waals surface area contributed by atoms with Gasteiger partial charge < -0.3 is 25.6 Å². The van der Waals surface area contributed by atoms with Crippen molar-refractivity contribution in [2.24, 2.45) is 0 Å². The molecular formula is C21H22N2O6. The van der Waals surface area contributed by atoms with E-state index in [1.807, 2.05) is 0 Å². The number of aliphatic carboxylic acids is 1. The van der Waals surface area contributed by atoms with Gasteiger partial charge >= 0.3 is 5.97 Å². The predicted octanol–water partition coefficient (Wildman–Crippen LogP) is 1.72. The van der Waals surface area contributed by atoms with Gasteiger partial charge in [-0.3, -0.25) is 9.59 Å². The van der Waals surface area contributed by atoms with Crippen LogP contribution in [-0.4, -0.2) is 47.0 Å². The highest BCUT2D eigenvalue weighted by atomic mass is 16.5. The molecule has 4 N–H and O–H groups in total. The molecule has 1 aliphatic heterocycles. The maximum absolute atomic E-state index is 12.4. The minimum absolute atomic E-state index is 0.0729. The van der Waals surface area contributed by atoms with Gasteiger partial charge in [-0.2, -0.15) is 0 Å². The number of carbonyl (C=O) groups excluding carboxylic acids is 2. The summed E-state index contributed by atoms with van der Waals surface area (Å²) in [6, 6.07) is 9.81. The molecule has 29 heavy (non-hydrogen) atoms. The van der Waals surface area contributed by atoms with Crippen LogP contribution in [0.25, 0.3) is 0 Å². The SMILES string of the molecule is O=Cc1c(O)cccc1OCc1ccc(C(=O)N[C@H](C(=O)O)C2CCCN2)cc1. The van der Waals surface area contributed by atoms with Crippen LogP contribution < -0.4 is 15.4 Å². The van der Waals surface area contributed by atoms with Gasteiger partial charge in [0, 0.05) is 11.6 Å². The number of carboxylic acid groups (broad SMARTS) is 1. The summed E-state index contributed by atoms with van der Waals surface area (Å²) >= 11 is 0. The number of nitrogens with one attached hydrogen (secondary N) is 2. The van der Waals surface area contributed by atoms with Crippen molar-refractivity contribution in [1.82, 2.24) is 10.6 Å². The number of amides is 1. The molecule has 1 saturated heterocycles. The normalized spacial score (nSPS) is 16.8. The fraction of sp³-hybridized carbons (Fsp3) is 0.286. The Kier molecular flexibility index (Phi) is 6.46. The van der Waals surface area contributed by atoms with Gasteiger partial charge in [0.05, 0.1) is 5.56 Å². The molecule has 0 spiro atoms. The van der Waals surface area contributed by atoms with Crippen molar-refractivity contribution < 1.29 is 29.3 Å². The van der Waals surface area contributed by atoms with Gasteiger partial charge in [-0.1, -0.05) is 18.2 Å². The number of benzene rings is 2. The summed E-state index contributed by atoms with van der Waals surface area (Å²) in [5.74, 6) is -1.43. The molecule has 3 rings (SSSR count). The zero-order valence-corrected chi connectivity index (χ0v) is 15.6. The fourth-order valence-electron chi connectivity index (χ4n) is 3.25. The number of aromatic hydroxyl groups is 1. The van der Waals surface area contributed by atoms with Crippen molar-refractivity contribution in [3.05, 3.63) is 59.2 Å². The van der Waals surface area contributed by atoms with Crippen LogP contribution in [0.1, 0.15) is 39.1 Å². The minimum atomic E-state index is -1.07. The van der Waals surface area contributed by atoms with E-state index >= 15 is 0 Å². The van der Waals surface area contributed by atoms with Gasteiger partial charge in [-0.05, 0) is 49.2 Å². The molecule has 1 aliphatic rings. The fourth-order valence-corrected chi connectivity index (χ4v) is 3.25. The smallest absolute Gasteiger partial charge is 0.327 e. The lowest BCUT2D eigenvalue weighted by atomic mass is 10.1. The Morgan fingerprint density at radius 2 is 2.00 bits per heavy atom. The molecule has 2 atom stereocenters. The molecule has 152 valence electrons. The standard InChI is InChI=1S/C21H22N2O6/c24-11-15-17(25)4-1-5-18(15)29-12-13-6-8-14(9-7-13)20(26)23-19(21(27)28)16-3-2-10-22-16/h1,4-9,11,16,19,22,25H,2-3,10,12H2,(H,23,26)(H,27,28)/t16?,19-/m0/s1. The van der Waals surface area contributed by atoms with Crippen molar-refractivity contribution in [2.45, 2.75) is 31.5 Å². The van der Waals surface area contributed by atoms with E-state index in [9.17, 15) is 24.6 Å². The van der Waals surface area contributed by atoms with Crippen LogP contribution in [0.15, 0.2) is 42.5 Å². The highest BCUT2D eigenvalue weighted by molar-refractivity contribution is 5.96. The van der Waals surface area contributed by atoms with E-state index in [0.717, 1.165) is 18.5 Å². The quantitative estimate of drug-likeness (QED) is 0.499. The van der Waals surface area contributed by atoms with E-state index in [1.54, 1.807) is 36.4 Å². The first-order valence-electron chi connectivity index (χ1n) is 9.25. The highest BCUT2D eigenvalue weighted by Gasteiger charge is 2.31. The van der Waals surface area contributed by atoms with Crippen LogP contribution in [0.4, 0.5) is 0 Å². The van der Waals surface area contributed by atoms with Gasteiger partial charge in [-0.15, -0.1) is 0 Å². The molecule has 8 heteroatoms. The molecule has 1 heterocycles. The van der Waals surface area contributed by atoms with Gasteiger partial charge in [0.25, 0.3) is 5.91 Å².